The van der Waals surface area contributed by atoms with E-state index in [1.165, 1.54) is 10.0 Å². The van der Waals surface area contributed by atoms with Crippen LogP contribution in [0.5, 0.6) is 5.88 Å². The molecule has 140 valence electrons. The zero-order valence-electron chi connectivity index (χ0n) is 14.6. The lowest BCUT2D eigenvalue weighted by molar-refractivity contribution is 0.0997. The SMILES string of the molecule is COc1nn(I)c2cc(NC(=O)N[C@H](C)c3ccccc3)nc(C(N)=O)c12. The molecule has 9 nitrogen and oxygen atoms in total. The van der Waals surface area contributed by atoms with Crippen LogP contribution >= 0.6 is 22.9 Å². The smallest absolute Gasteiger partial charge is 0.320 e. The van der Waals surface area contributed by atoms with Crippen molar-refractivity contribution >= 4 is 51.5 Å². The molecular weight excluding hydrogens is 463 g/mol. The van der Waals surface area contributed by atoms with Crippen LogP contribution in [0, 0.1) is 0 Å². The molecule has 1 aromatic carbocycles. The van der Waals surface area contributed by atoms with Crippen molar-refractivity contribution in [1.82, 2.24) is 18.3 Å². The first-order valence-electron chi connectivity index (χ1n) is 7.97. The van der Waals surface area contributed by atoms with Gasteiger partial charge in [-0.2, -0.15) is 2.90 Å². The Balaban J connectivity index is 1.87. The number of nitrogens with zero attached hydrogens (tertiary/aromatic N) is 3. The molecule has 0 unspecified atom stereocenters. The number of anilines is 1. The Kier molecular flexibility index (Phi) is 5.44. The lowest BCUT2D eigenvalue weighted by atomic mass is 10.1. The van der Waals surface area contributed by atoms with Gasteiger partial charge in [-0.05, 0) is 12.5 Å². The molecule has 1 atom stereocenters. The van der Waals surface area contributed by atoms with Gasteiger partial charge in [-0.25, -0.2) is 9.78 Å². The fraction of sp³-hybridized carbons (Fsp3) is 0.176. The standard InChI is InChI=1S/C17H17IN6O3/c1-9(10-6-4-3-5-7-10)20-17(26)22-12-8-11-13(14(21-12)15(19)25)16(27-2)23-24(11)18/h3-9H,1-2H3,(H2,19,25)(H2,20,21,22,26)/t9-/m1/s1. The lowest BCUT2D eigenvalue weighted by Gasteiger charge is -2.15. The first-order valence-corrected chi connectivity index (χ1v) is 8.93. The first-order chi connectivity index (χ1) is 12.9. The number of amides is 3. The number of aromatic nitrogens is 3. The third-order valence-electron chi connectivity index (χ3n) is 3.91. The van der Waals surface area contributed by atoms with Gasteiger partial charge in [0.25, 0.3) is 5.91 Å². The number of hydrogen-bond donors (Lipinski definition) is 3. The number of benzene rings is 1. The van der Waals surface area contributed by atoms with Gasteiger partial charge in [0, 0.05) is 6.07 Å². The number of nitrogens with two attached hydrogens (primary N) is 1. The minimum Gasteiger partial charge on any atom is -0.479 e. The van der Waals surface area contributed by atoms with Crippen LogP contribution in [0.15, 0.2) is 36.4 Å². The molecule has 0 aliphatic carbocycles. The third kappa shape index (κ3) is 3.94. The fourth-order valence-corrected chi connectivity index (χ4v) is 3.21. The number of hydrogen-bond acceptors (Lipinski definition) is 5. The van der Waals surface area contributed by atoms with Crippen molar-refractivity contribution in [2.45, 2.75) is 13.0 Å². The second kappa shape index (κ2) is 7.78. The molecule has 0 saturated heterocycles. The minimum atomic E-state index is -0.746. The summed E-state index contributed by atoms with van der Waals surface area (Å²) in [6.45, 7) is 1.87. The van der Waals surface area contributed by atoms with Crippen LogP contribution in [0.3, 0.4) is 0 Å². The summed E-state index contributed by atoms with van der Waals surface area (Å²) >= 11 is 1.94. The molecule has 0 saturated carbocycles. The summed E-state index contributed by atoms with van der Waals surface area (Å²) < 4.78 is 6.67. The van der Waals surface area contributed by atoms with E-state index >= 15 is 0 Å². The van der Waals surface area contributed by atoms with Crippen LogP contribution in [-0.2, 0) is 0 Å². The highest BCUT2D eigenvalue weighted by Crippen LogP contribution is 2.30. The van der Waals surface area contributed by atoms with Crippen LogP contribution in [0.1, 0.15) is 29.0 Å². The van der Waals surface area contributed by atoms with Gasteiger partial charge in [0.15, 0.2) is 0 Å². The molecule has 0 bridgehead atoms. The van der Waals surface area contributed by atoms with Crippen LogP contribution in [-0.4, -0.2) is 32.0 Å². The molecule has 0 fully saturated rings. The van der Waals surface area contributed by atoms with E-state index in [1.54, 1.807) is 6.07 Å². The molecule has 10 heteroatoms. The quantitative estimate of drug-likeness (QED) is 0.485. The number of halogens is 1. The number of methoxy groups -OCH3 is 1. The maximum absolute atomic E-state index is 12.3. The Labute approximate surface area is 168 Å². The normalized spacial score (nSPS) is 11.8. The van der Waals surface area contributed by atoms with Crippen molar-refractivity contribution in [2.24, 2.45) is 5.73 Å². The molecule has 0 aliphatic rings. The second-order valence-electron chi connectivity index (χ2n) is 5.71. The second-order valence-corrected chi connectivity index (χ2v) is 6.63. The molecule has 3 amide bonds. The van der Waals surface area contributed by atoms with E-state index in [1.807, 2.05) is 60.1 Å². The summed E-state index contributed by atoms with van der Waals surface area (Å²) in [4.78, 5) is 28.3. The number of carbonyl (C=O) groups is 2. The summed E-state index contributed by atoms with van der Waals surface area (Å²) in [6.07, 6.45) is 0. The predicted octanol–water partition coefficient (Wildman–Crippen LogP) is 2.62. The maximum Gasteiger partial charge on any atom is 0.320 e. The average molecular weight is 480 g/mol. The molecule has 0 aliphatic heterocycles. The Morgan fingerprint density at radius 1 is 1.30 bits per heavy atom. The number of carbonyl (C=O) groups excluding carboxylic acids is 2. The minimum absolute atomic E-state index is 0.0290. The number of pyridine rings is 1. The molecule has 0 radical (unpaired) electrons. The Bertz CT molecular complexity index is 1000. The van der Waals surface area contributed by atoms with Gasteiger partial charge < -0.3 is 15.8 Å². The number of urea groups is 1. The number of rotatable bonds is 5. The number of ether oxygens (including phenoxy) is 1. The first kappa shape index (κ1) is 18.9. The van der Waals surface area contributed by atoms with Crippen molar-refractivity contribution in [2.75, 3.05) is 12.4 Å². The van der Waals surface area contributed by atoms with E-state index in [9.17, 15) is 9.59 Å². The monoisotopic (exact) mass is 480 g/mol. The highest BCUT2D eigenvalue weighted by atomic mass is 127. The van der Waals surface area contributed by atoms with E-state index in [0.29, 0.717) is 10.9 Å². The van der Waals surface area contributed by atoms with Crippen LogP contribution < -0.4 is 21.1 Å². The van der Waals surface area contributed by atoms with E-state index < -0.39 is 11.9 Å². The van der Waals surface area contributed by atoms with Crippen LogP contribution in [0.2, 0.25) is 0 Å². The highest BCUT2D eigenvalue weighted by Gasteiger charge is 2.21. The van der Waals surface area contributed by atoms with Gasteiger partial charge in [-0.1, -0.05) is 30.3 Å². The lowest BCUT2D eigenvalue weighted by Crippen LogP contribution is -2.31. The molecule has 27 heavy (non-hydrogen) atoms. The topological polar surface area (TPSA) is 124 Å². The zero-order valence-corrected chi connectivity index (χ0v) is 16.7. The number of fused-ring (bicyclic) bond motifs is 1. The van der Waals surface area contributed by atoms with E-state index in [0.717, 1.165) is 5.56 Å². The predicted molar refractivity (Wildman–Crippen MR) is 109 cm³/mol. The van der Waals surface area contributed by atoms with Gasteiger partial charge in [-0.3, -0.25) is 10.1 Å². The Hall–Kier alpha value is -2.89. The summed E-state index contributed by atoms with van der Waals surface area (Å²) in [5.74, 6) is -0.339. The van der Waals surface area contributed by atoms with Crippen molar-refractivity contribution < 1.29 is 14.3 Å². The van der Waals surface area contributed by atoms with Gasteiger partial charge >= 0.3 is 6.03 Å². The van der Waals surface area contributed by atoms with E-state index in [4.69, 9.17) is 10.5 Å². The van der Waals surface area contributed by atoms with E-state index in [2.05, 4.69) is 20.7 Å². The van der Waals surface area contributed by atoms with Gasteiger partial charge in [0.2, 0.25) is 5.88 Å². The summed E-state index contributed by atoms with van der Waals surface area (Å²) in [6, 6.07) is 10.5. The Morgan fingerprint density at radius 3 is 2.63 bits per heavy atom. The summed E-state index contributed by atoms with van der Waals surface area (Å²) in [5.41, 5.74) is 6.92. The van der Waals surface area contributed by atoms with Crippen LogP contribution in [0.25, 0.3) is 10.9 Å². The summed E-state index contributed by atoms with van der Waals surface area (Å²) in [7, 11) is 1.44. The highest BCUT2D eigenvalue weighted by molar-refractivity contribution is 14.1. The number of primary amides is 1. The molecule has 0 spiro atoms. The van der Waals surface area contributed by atoms with Crippen LogP contribution in [0.4, 0.5) is 10.6 Å². The fourth-order valence-electron chi connectivity index (χ4n) is 2.63. The molecule has 3 rings (SSSR count). The van der Waals surface area contributed by atoms with Crippen molar-refractivity contribution in [3.63, 3.8) is 0 Å². The van der Waals surface area contributed by atoms with Gasteiger partial charge in [-0.15, -0.1) is 5.10 Å². The molecular formula is C17H17IN6O3. The third-order valence-corrected chi connectivity index (χ3v) is 4.64. The molecule has 3 aromatic rings. The van der Waals surface area contributed by atoms with Gasteiger partial charge in [0.05, 0.1) is 46.9 Å². The largest absolute Gasteiger partial charge is 0.479 e. The Morgan fingerprint density at radius 2 is 2.00 bits per heavy atom. The van der Waals surface area contributed by atoms with Crippen molar-refractivity contribution in [3.8, 4) is 5.88 Å². The zero-order chi connectivity index (χ0) is 19.6. The number of nitrogens with one attached hydrogen (secondary N) is 2. The molecule has 2 heterocycles. The summed E-state index contributed by atoms with van der Waals surface area (Å²) in [5, 5.41) is 10.0. The van der Waals surface area contributed by atoms with Crippen molar-refractivity contribution in [3.05, 3.63) is 47.7 Å². The average Bonchev–Trinajstić information content (AvgIpc) is 2.97. The molecule has 4 N–H and O–H groups in total. The van der Waals surface area contributed by atoms with Crippen molar-refractivity contribution in [1.29, 1.82) is 0 Å². The maximum atomic E-state index is 12.3. The van der Waals surface area contributed by atoms with Gasteiger partial charge in [0.1, 0.15) is 11.5 Å². The molecule has 2 aromatic heterocycles. The van der Waals surface area contributed by atoms with E-state index in [-0.39, 0.29) is 23.4 Å².